The normalized spacial score (nSPS) is 25.4. The quantitative estimate of drug-likeness (QED) is 0.878. The molecule has 1 aromatic rings. The molecule has 5 nitrogen and oxygen atoms in total. The van der Waals surface area contributed by atoms with Gasteiger partial charge in [-0.2, -0.15) is 0 Å². The third kappa shape index (κ3) is 3.12. The van der Waals surface area contributed by atoms with E-state index in [9.17, 15) is 9.59 Å². The van der Waals surface area contributed by atoms with Crippen LogP contribution in [0.1, 0.15) is 57.8 Å². The smallest absolute Gasteiger partial charge is 0.410 e. The average Bonchev–Trinajstić information content (AvgIpc) is 2.98. The van der Waals surface area contributed by atoms with Crippen LogP contribution in [0.4, 0.5) is 10.5 Å². The number of anilines is 1. The number of fused-ring (bicyclic) bond motifs is 1. The zero-order chi connectivity index (χ0) is 18.4. The van der Waals surface area contributed by atoms with Crippen molar-refractivity contribution in [1.29, 1.82) is 0 Å². The van der Waals surface area contributed by atoms with E-state index >= 15 is 0 Å². The SMILES string of the molecule is CC(C)CC1N(C(=O)OC(C)(C)C)CCC12Nc1ccccc1C2=O. The molecule has 1 N–H and O–H groups in total. The lowest BCUT2D eigenvalue weighted by molar-refractivity contribution is 0.0189. The van der Waals surface area contributed by atoms with Crippen LogP contribution in [-0.2, 0) is 4.74 Å². The first-order chi connectivity index (χ1) is 11.6. The molecule has 2 heterocycles. The van der Waals surface area contributed by atoms with Crippen LogP contribution in [0, 0.1) is 5.92 Å². The van der Waals surface area contributed by atoms with Crippen LogP contribution in [0.2, 0.25) is 0 Å². The van der Waals surface area contributed by atoms with E-state index in [4.69, 9.17) is 4.74 Å². The van der Waals surface area contributed by atoms with Crippen molar-refractivity contribution in [2.24, 2.45) is 5.92 Å². The second kappa shape index (κ2) is 6.04. The third-order valence-electron chi connectivity index (χ3n) is 4.95. The van der Waals surface area contributed by atoms with Gasteiger partial charge in [0.25, 0.3) is 0 Å². The Hall–Kier alpha value is -2.04. The lowest BCUT2D eigenvalue weighted by Gasteiger charge is -2.36. The number of ketones is 1. The summed E-state index contributed by atoms with van der Waals surface area (Å²) in [5, 5.41) is 3.46. The van der Waals surface area contributed by atoms with Crippen LogP contribution >= 0.6 is 0 Å². The maximum Gasteiger partial charge on any atom is 0.410 e. The molecular weight excluding hydrogens is 316 g/mol. The lowest BCUT2D eigenvalue weighted by Crippen LogP contribution is -2.55. The summed E-state index contributed by atoms with van der Waals surface area (Å²) in [6.07, 6.45) is 1.03. The fourth-order valence-electron chi connectivity index (χ4n) is 3.94. The molecule has 0 saturated carbocycles. The molecule has 2 aliphatic rings. The van der Waals surface area contributed by atoms with Crippen molar-refractivity contribution in [1.82, 2.24) is 4.90 Å². The van der Waals surface area contributed by atoms with Gasteiger partial charge < -0.3 is 15.0 Å². The summed E-state index contributed by atoms with van der Waals surface area (Å²) >= 11 is 0. The van der Waals surface area contributed by atoms with E-state index in [0.717, 1.165) is 17.7 Å². The van der Waals surface area contributed by atoms with E-state index in [-0.39, 0.29) is 17.9 Å². The molecule has 1 fully saturated rings. The summed E-state index contributed by atoms with van der Waals surface area (Å²) in [5.41, 5.74) is 0.311. The van der Waals surface area contributed by atoms with Crippen LogP contribution in [0.3, 0.4) is 0 Å². The summed E-state index contributed by atoms with van der Waals surface area (Å²) in [6, 6.07) is 7.40. The fourth-order valence-corrected chi connectivity index (χ4v) is 3.94. The van der Waals surface area contributed by atoms with Crippen molar-refractivity contribution < 1.29 is 14.3 Å². The molecule has 1 saturated heterocycles. The van der Waals surface area contributed by atoms with Gasteiger partial charge in [0.2, 0.25) is 0 Å². The number of benzene rings is 1. The first-order valence-corrected chi connectivity index (χ1v) is 9.06. The van der Waals surface area contributed by atoms with Crippen molar-refractivity contribution in [2.75, 3.05) is 11.9 Å². The van der Waals surface area contributed by atoms with Crippen LogP contribution in [0.5, 0.6) is 0 Å². The highest BCUT2D eigenvalue weighted by molar-refractivity contribution is 6.14. The number of likely N-dealkylation sites (tertiary alicyclic amines) is 1. The van der Waals surface area contributed by atoms with Gasteiger partial charge in [-0.25, -0.2) is 4.79 Å². The van der Waals surface area contributed by atoms with E-state index in [2.05, 4.69) is 19.2 Å². The van der Waals surface area contributed by atoms with Crippen molar-refractivity contribution in [3.05, 3.63) is 29.8 Å². The van der Waals surface area contributed by atoms with Gasteiger partial charge in [-0.3, -0.25) is 4.79 Å². The van der Waals surface area contributed by atoms with Crippen LogP contribution in [-0.4, -0.2) is 40.5 Å². The molecule has 1 aromatic carbocycles. The number of hydrogen-bond acceptors (Lipinski definition) is 4. The van der Waals surface area contributed by atoms with Gasteiger partial charge in [0.1, 0.15) is 11.1 Å². The Morgan fingerprint density at radius 1 is 1.36 bits per heavy atom. The first kappa shape index (κ1) is 17.8. The molecule has 0 radical (unpaired) electrons. The highest BCUT2D eigenvalue weighted by Crippen LogP contribution is 2.44. The Morgan fingerprint density at radius 3 is 2.64 bits per heavy atom. The predicted molar refractivity (Wildman–Crippen MR) is 97.9 cm³/mol. The third-order valence-corrected chi connectivity index (χ3v) is 4.95. The minimum atomic E-state index is -0.731. The second-order valence-electron chi connectivity index (χ2n) is 8.54. The van der Waals surface area contributed by atoms with Gasteiger partial charge in [0, 0.05) is 17.8 Å². The van der Waals surface area contributed by atoms with Gasteiger partial charge in [0.15, 0.2) is 5.78 Å². The van der Waals surface area contributed by atoms with Crippen molar-refractivity contribution in [2.45, 2.75) is 64.6 Å². The Morgan fingerprint density at radius 2 is 2.04 bits per heavy atom. The number of carbonyl (C=O) groups excluding carboxylic acids is 2. The van der Waals surface area contributed by atoms with Crippen molar-refractivity contribution in [3.63, 3.8) is 0 Å². The van der Waals surface area contributed by atoms with Gasteiger partial charge in [-0.15, -0.1) is 0 Å². The average molecular weight is 344 g/mol. The minimum Gasteiger partial charge on any atom is -0.444 e. The molecule has 25 heavy (non-hydrogen) atoms. The zero-order valence-electron chi connectivity index (χ0n) is 15.8. The van der Waals surface area contributed by atoms with Crippen LogP contribution in [0.15, 0.2) is 24.3 Å². The number of nitrogens with zero attached hydrogens (tertiary/aromatic N) is 1. The molecule has 1 amide bonds. The Labute approximate surface area is 149 Å². The Balaban J connectivity index is 1.93. The number of ether oxygens (including phenoxy) is 1. The summed E-state index contributed by atoms with van der Waals surface area (Å²) in [7, 11) is 0. The second-order valence-corrected chi connectivity index (χ2v) is 8.54. The van der Waals surface area contributed by atoms with Gasteiger partial charge in [-0.1, -0.05) is 26.0 Å². The number of nitrogens with one attached hydrogen (secondary N) is 1. The topological polar surface area (TPSA) is 58.6 Å². The van der Waals surface area contributed by atoms with E-state index < -0.39 is 11.1 Å². The molecule has 0 bridgehead atoms. The summed E-state index contributed by atoms with van der Waals surface area (Å²) in [4.78, 5) is 27.7. The zero-order valence-corrected chi connectivity index (χ0v) is 15.8. The molecular formula is C20H28N2O3. The fraction of sp³-hybridized carbons (Fsp3) is 0.600. The molecule has 136 valence electrons. The number of carbonyl (C=O) groups is 2. The molecule has 2 unspecified atom stereocenters. The largest absolute Gasteiger partial charge is 0.444 e. The number of amides is 1. The number of para-hydroxylation sites is 1. The van der Waals surface area contributed by atoms with Crippen molar-refractivity contribution >= 4 is 17.6 Å². The molecule has 2 atom stereocenters. The maximum atomic E-state index is 13.2. The Bertz CT molecular complexity index is 692. The van der Waals surface area contributed by atoms with Crippen molar-refractivity contribution in [3.8, 4) is 0 Å². The summed E-state index contributed by atoms with van der Waals surface area (Å²) < 4.78 is 5.60. The molecule has 3 rings (SSSR count). The number of rotatable bonds is 2. The van der Waals surface area contributed by atoms with Crippen LogP contribution in [0.25, 0.3) is 0 Å². The van der Waals surface area contributed by atoms with Gasteiger partial charge in [0.05, 0.1) is 6.04 Å². The standard InChI is InChI=1S/C20H28N2O3/c1-13(2)12-16-20(10-11-22(16)18(24)25-19(3,4)5)17(23)14-8-6-7-9-15(14)21-20/h6-9,13,16,21H,10-12H2,1-5H3. The van der Waals surface area contributed by atoms with E-state index in [1.54, 1.807) is 4.90 Å². The summed E-state index contributed by atoms with van der Waals surface area (Å²) in [5.74, 6) is 0.461. The molecule has 2 aliphatic heterocycles. The monoisotopic (exact) mass is 344 g/mol. The molecule has 0 aromatic heterocycles. The summed E-state index contributed by atoms with van der Waals surface area (Å²) in [6.45, 7) is 10.4. The van der Waals surface area contributed by atoms with E-state index in [0.29, 0.717) is 18.9 Å². The number of Topliss-reactive ketones (excluding diaryl/α,β-unsaturated/α-hetero) is 1. The Kier molecular flexibility index (Phi) is 4.30. The van der Waals surface area contributed by atoms with E-state index in [1.807, 2.05) is 45.0 Å². The minimum absolute atomic E-state index is 0.0970. The number of hydrogen-bond donors (Lipinski definition) is 1. The molecule has 5 heteroatoms. The highest BCUT2D eigenvalue weighted by atomic mass is 16.6. The maximum absolute atomic E-state index is 13.2. The van der Waals surface area contributed by atoms with E-state index in [1.165, 1.54) is 0 Å². The first-order valence-electron chi connectivity index (χ1n) is 9.06. The lowest BCUT2D eigenvalue weighted by atomic mass is 9.82. The highest BCUT2D eigenvalue weighted by Gasteiger charge is 2.58. The predicted octanol–water partition coefficient (Wildman–Crippen LogP) is 4.09. The molecule has 0 aliphatic carbocycles. The molecule has 1 spiro atoms. The van der Waals surface area contributed by atoms with Crippen LogP contribution < -0.4 is 5.32 Å². The van der Waals surface area contributed by atoms with Gasteiger partial charge >= 0.3 is 6.09 Å². The van der Waals surface area contributed by atoms with Gasteiger partial charge in [-0.05, 0) is 51.7 Å².